The minimum Gasteiger partial charge on any atom is -0.345 e. The summed E-state index contributed by atoms with van der Waals surface area (Å²) in [7, 11) is 0. The number of hydrogen-bond donors (Lipinski definition) is 1. The fourth-order valence-corrected chi connectivity index (χ4v) is 3.59. The lowest BCUT2D eigenvalue weighted by atomic mass is 10.00. The number of carbonyl (C=O) groups excluding carboxylic acids is 1. The highest BCUT2D eigenvalue weighted by atomic mass is 32.1. The lowest BCUT2D eigenvalue weighted by Crippen LogP contribution is -2.25. The van der Waals surface area contributed by atoms with Crippen molar-refractivity contribution in [3.63, 3.8) is 0 Å². The van der Waals surface area contributed by atoms with Crippen LogP contribution < -0.4 is 5.32 Å². The molecule has 5 nitrogen and oxygen atoms in total. The highest BCUT2D eigenvalue weighted by Gasteiger charge is 2.23. The van der Waals surface area contributed by atoms with Crippen LogP contribution in [-0.2, 0) is 15.9 Å². The van der Waals surface area contributed by atoms with Gasteiger partial charge in [0.15, 0.2) is 0 Å². The van der Waals surface area contributed by atoms with Gasteiger partial charge in [-0.2, -0.15) is 0 Å². The highest BCUT2D eigenvalue weighted by molar-refractivity contribution is 7.13. The van der Waals surface area contributed by atoms with Gasteiger partial charge in [0.2, 0.25) is 6.29 Å². The molecule has 134 valence electrons. The van der Waals surface area contributed by atoms with Gasteiger partial charge in [-0.25, -0.2) is 4.98 Å². The van der Waals surface area contributed by atoms with Crippen molar-refractivity contribution < 1.29 is 14.3 Å². The molecule has 1 aromatic carbocycles. The van der Waals surface area contributed by atoms with E-state index in [0.29, 0.717) is 29.0 Å². The first kappa shape index (κ1) is 18.0. The summed E-state index contributed by atoms with van der Waals surface area (Å²) in [6.07, 6.45) is 2.21. The lowest BCUT2D eigenvalue weighted by molar-refractivity contribution is -0.0442. The maximum absolute atomic E-state index is 12.4. The monoisotopic (exact) mass is 360 g/mol. The number of thiazole rings is 1. The van der Waals surface area contributed by atoms with E-state index in [0.717, 1.165) is 12.0 Å². The number of hydrogen-bond acceptors (Lipinski definition) is 5. The average molecular weight is 360 g/mol. The highest BCUT2D eigenvalue weighted by Crippen LogP contribution is 2.27. The van der Waals surface area contributed by atoms with Crippen LogP contribution in [0.25, 0.3) is 0 Å². The second kappa shape index (κ2) is 8.08. The van der Waals surface area contributed by atoms with Crippen molar-refractivity contribution >= 4 is 17.2 Å². The van der Waals surface area contributed by atoms with Crippen LogP contribution in [0, 0.1) is 5.92 Å². The van der Waals surface area contributed by atoms with Crippen molar-refractivity contribution in [2.45, 2.75) is 39.5 Å². The smallest absolute Gasteiger partial charge is 0.263 e. The van der Waals surface area contributed by atoms with Crippen molar-refractivity contribution in [2.24, 2.45) is 5.92 Å². The maximum Gasteiger partial charge on any atom is 0.263 e. The summed E-state index contributed by atoms with van der Waals surface area (Å²) in [6.45, 7) is 7.54. The third-order valence-electron chi connectivity index (χ3n) is 4.04. The zero-order valence-electron chi connectivity index (χ0n) is 14.8. The molecule has 1 fully saturated rings. The topological polar surface area (TPSA) is 60.5 Å². The second-order valence-corrected chi connectivity index (χ2v) is 7.73. The molecule has 1 saturated heterocycles. The molecule has 0 unspecified atom stereocenters. The first-order valence-electron chi connectivity index (χ1n) is 8.61. The fraction of sp³-hybridized carbons (Fsp3) is 0.474. The van der Waals surface area contributed by atoms with Crippen LogP contribution in [0.5, 0.6) is 0 Å². The van der Waals surface area contributed by atoms with Crippen molar-refractivity contribution in [3.05, 3.63) is 51.5 Å². The van der Waals surface area contributed by atoms with Crippen LogP contribution in [0.2, 0.25) is 0 Å². The number of amides is 1. The van der Waals surface area contributed by atoms with Crippen LogP contribution in [0.4, 0.5) is 0 Å². The molecule has 3 rings (SSSR count). The summed E-state index contributed by atoms with van der Waals surface area (Å²) in [5.74, 6) is 0.511. The fourth-order valence-electron chi connectivity index (χ4n) is 2.77. The van der Waals surface area contributed by atoms with E-state index in [2.05, 4.69) is 48.4 Å². The summed E-state index contributed by atoms with van der Waals surface area (Å²) in [5.41, 5.74) is 2.41. The first-order chi connectivity index (χ1) is 12.0. The van der Waals surface area contributed by atoms with Crippen molar-refractivity contribution in [1.29, 1.82) is 0 Å². The number of carbonyl (C=O) groups is 1. The van der Waals surface area contributed by atoms with Gasteiger partial charge in [0.25, 0.3) is 5.91 Å². The molecule has 0 bridgehead atoms. The van der Waals surface area contributed by atoms with Gasteiger partial charge < -0.3 is 14.8 Å². The number of nitrogens with one attached hydrogen (secondary N) is 1. The molecule has 1 aliphatic rings. The summed E-state index contributed by atoms with van der Waals surface area (Å²) in [6, 6.07) is 8.38. The second-order valence-electron chi connectivity index (χ2n) is 6.67. The minimum absolute atomic E-state index is 0.0647. The van der Waals surface area contributed by atoms with Crippen molar-refractivity contribution in [1.82, 2.24) is 10.3 Å². The van der Waals surface area contributed by atoms with Crippen LogP contribution in [0.1, 0.15) is 58.9 Å². The van der Waals surface area contributed by atoms with Gasteiger partial charge in [0.1, 0.15) is 9.88 Å². The third-order valence-corrected chi connectivity index (χ3v) is 5.06. The Morgan fingerprint density at radius 1 is 1.24 bits per heavy atom. The molecule has 25 heavy (non-hydrogen) atoms. The Morgan fingerprint density at radius 3 is 2.56 bits per heavy atom. The molecule has 0 saturated carbocycles. The normalized spacial score (nSPS) is 16.3. The van der Waals surface area contributed by atoms with Crippen LogP contribution in [0.3, 0.4) is 0 Å². The molecule has 0 aliphatic carbocycles. The van der Waals surface area contributed by atoms with Gasteiger partial charge in [-0.05, 0) is 30.4 Å². The Hall–Kier alpha value is -1.76. The molecule has 0 spiro atoms. The molecule has 1 N–H and O–H groups in total. The molecular formula is C19H24N2O3S. The summed E-state index contributed by atoms with van der Waals surface area (Å²) < 4.78 is 10.8. The number of benzene rings is 1. The molecule has 2 aromatic rings. The average Bonchev–Trinajstić information content (AvgIpc) is 3.26. The van der Waals surface area contributed by atoms with Crippen LogP contribution in [-0.4, -0.2) is 24.1 Å². The van der Waals surface area contributed by atoms with Gasteiger partial charge in [-0.15, -0.1) is 11.3 Å². The summed E-state index contributed by atoms with van der Waals surface area (Å²) in [4.78, 5) is 17.3. The van der Waals surface area contributed by atoms with Gasteiger partial charge in [-0.1, -0.05) is 38.1 Å². The molecule has 0 radical (unpaired) electrons. The third kappa shape index (κ3) is 4.66. The van der Waals surface area contributed by atoms with Crippen molar-refractivity contribution in [2.75, 3.05) is 13.2 Å². The van der Waals surface area contributed by atoms with Gasteiger partial charge in [0, 0.05) is 0 Å². The number of nitrogens with zero attached hydrogens (tertiary/aromatic N) is 1. The van der Waals surface area contributed by atoms with Gasteiger partial charge in [-0.3, -0.25) is 4.79 Å². The SMILES string of the molecule is CC(C)Cc1ccc([C@H](C)NC(=O)c2cnc(C3OCCO3)s2)cc1. The maximum atomic E-state index is 12.4. The van der Waals surface area contributed by atoms with E-state index >= 15 is 0 Å². The van der Waals surface area contributed by atoms with E-state index in [1.807, 2.05) is 6.92 Å². The molecule has 1 aromatic heterocycles. The molecule has 1 aliphatic heterocycles. The Morgan fingerprint density at radius 2 is 1.92 bits per heavy atom. The van der Waals surface area contributed by atoms with E-state index in [9.17, 15) is 4.79 Å². The Bertz CT molecular complexity index is 706. The summed E-state index contributed by atoms with van der Waals surface area (Å²) in [5, 5.41) is 3.71. The number of rotatable bonds is 6. The summed E-state index contributed by atoms with van der Waals surface area (Å²) >= 11 is 1.31. The number of aromatic nitrogens is 1. The Labute approximate surface area is 152 Å². The first-order valence-corrected chi connectivity index (χ1v) is 9.43. The number of ether oxygens (including phenoxy) is 2. The lowest BCUT2D eigenvalue weighted by Gasteiger charge is -2.14. The molecule has 1 atom stereocenters. The molecule has 1 amide bonds. The standard InChI is InChI=1S/C19H24N2O3S/c1-12(2)10-14-4-6-15(7-5-14)13(3)21-17(22)16-11-20-18(25-16)19-23-8-9-24-19/h4-7,11-13,19H,8-10H2,1-3H3,(H,21,22)/t13-/m0/s1. The predicted molar refractivity (Wildman–Crippen MR) is 97.6 cm³/mol. The van der Waals surface area contributed by atoms with E-state index < -0.39 is 6.29 Å². The zero-order valence-corrected chi connectivity index (χ0v) is 15.6. The molecule has 2 heterocycles. The Kier molecular flexibility index (Phi) is 5.83. The van der Waals surface area contributed by atoms with Crippen LogP contribution in [0.15, 0.2) is 30.5 Å². The molecule has 6 heteroatoms. The predicted octanol–water partition coefficient (Wildman–Crippen LogP) is 3.88. The minimum atomic E-state index is -0.433. The van der Waals surface area contributed by atoms with E-state index in [4.69, 9.17) is 9.47 Å². The van der Waals surface area contributed by atoms with Crippen molar-refractivity contribution in [3.8, 4) is 0 Å². The van der Waals surface area contributed by atoms with E-state index in [-0.39, 0.29) is 11.9 Å². The Balaban J connectivity index is 1.60. The quantitative estimate of drug-likeness (QED) is 0.849. The molecular weight excluding hydrogens is 336 g/mol. The van der Waals surface area contributed by atoms with Crippen LogP contribution >= 0.6 is 11.3 Å². The van der Waals surface area contributed by atoms with E-state index in [1.165, 1.54) is 16.9 Å². The van der Waals surface area contributed by atoms with Gasteiger partial charge >= 0.3 is 0 Å². The largest absolute Gasteiger partial charge is 0.345 e. The van der Waals surface area contributed by atoms with Gasteiger partial charge in [0.05, 0.1) is 25.5 Å². The van der Waals surface area contributed by atoms with E-state index in [1.54, 1.807) is 6.20 Å². The zero-order chi connectivity index (χ0) is 17.8.